The predicted molar refractivity (Wildman–Crippen MR) is 159 cm³/mol. The fourth-order valence-corrected chi connectivity index (χ4v) is 6.18. The topological polar surface area (TPSA) is 103 Å². The van der Waals surface area contributed by atoms with Crippen LogP contribution in [-0.2, 0) is 11.2 Å². The molecule has 0 amide bonds. The van der Waals surface area contributed by atoms with Gasteiger partial charge in [-0.05, 0) is 70.6 Å². The number of hydrazone groups is 1. The molecule has 3 N–H and O–H groups in total. The van der Waals surface area contributed by atoms with Crippen LogP contribution < -0.4 is 30.4 Å². The van der Waals surface area contributed by atoms with E-state index in [1.807, 2.05) is 32.3 Å². The molecule has 39 heavy (non-hydrogen) atoms. The predicted octanol–water partition coefficient (Wildman–Crippen LogP) is 2.82. The van der Waals surface area contributed by atoms with Gasteiger partial charge in [-0.25, -0.2) is 10.5 Å². The highest BCUT2D eigenvalue weighted by Crippen LogP contribution is 2.37. The number of methoxy groups -OCH3 is 2. The molecular formula is C28H39N7O3S. The number of thioether (sulfide) groups is 1. The van der Waals surface area contributed by atoms with Crippen LogP contribution in [0, 0.1) is 0 Å². The van der Waals surface area contributed by atoms with Gasteiger partial charge in [-0.1, -0.05) is 17.8 Å². The van der Waals surface area contributed by atoms with Crippen LogP contribution in [0.4, 0.5) is 5.69 Å². The Morgan fingerprint density at radius 3 is 2.54 bits per heavy atom. The van der Waals surface area contributed by atoms with E-state index in [2.05, 4.69) is 53.0 Å². The van der Waals surface area contributed by atoms with Gasteiger partial charge >= 0.3 is 0 Å². The molecule has 0 fully saturated rings. The number of benzene rings is 2. The summed E-state index contributed by atoms with van der Waals surface area (Å²) in [6.07, 6.45) is 2.80. The standard InChI is InChI=1S/C28H39N7O3S/c1-18(2)32-27(22-12-11-21(37-6)16-24(22)38-7)34-14-8-9-19-15-20(10-13-23(19)34)26-28(29-3,30-4)39-25(17-36)35(31-5)33-26/h10-13,15-18,25,29-31H,8-9,14H2,1-7H3. The lowest BCUT2D eigenvalue weighted by molar-refractivity contribution is -0.110. The maximum atomic E-state index is 11.8. The first-order valence-corrected chi connectivity index (χ1v) is 14.0. The van der Waals surface area contributed by atoms with E-state index in [1.54, 1.807) is 26.4 Å². The molecule has 0 spiro atoms. The van der Waals surface area contributed by atoms with E-state index in [4.69, 9.17) is 19.6 Å². The number of aliphatic imine (C=N–C) groups is 1. The molecule has 1 atom stereocenters. The Kier molecular flexibility index (Phi) is 9.16. The number of likely N-dealkylation sites (N-methyl/N-ethyl adjacent to an activating group) is 2. The number of nitrogens with one attached hydrogen (secondary N) is 3. The lowest BCUT2D eigenvalue weighted by Gasteiger charge is -2.42. The summed E-state index contributed by atoms with van der Waals surface area (Å²) < 4.78 is 11.2. The summed E-state index contributed by atoms with van der Waals surface area (Å²) in [5.74, 6) is 2.33. The molecule has 0 saturated heterocycles. The van der Waals surface area contributed by atoms with E-state index in [0.717, 1.165) is 65.5 Å². The lowest BCUT2D eigenvalue weighted by atomic mass is 9.95. The molecule has 0 bridgehead atoms. The van der Waals surface area contributed by atoms with Gasteiger partial charge in [0, 0.05) is 37.0 Å². The van der Waals surface area contributed by atoms with Crippen LogP contribution in [0.1, 0.15) is 37.0 Å². The average Bonchev–Trinajstić information content (AvgIpc) is 2.98. The molecule has 210 valence electrons. The molecule has 1 unspecified atom stereocenters. The molecule has 0 saturated carbocycles. The minimum atomic E-state index is -0.734. The van der Waals surface area contributed by atoms with Gasteiger partial charge in [0.1, 0.15) is 23.0 Å². The molecule has 2 aliphatic heterocycles. The Bertz CT molecular complexity index is 1250. The number of ether oxygens (including phenoxy) is 2. The smallest absolute Gasteiger partial charge is 0.168 e. The summed E-state index contributed by atoms with van der Waals surface area (Å²) in [5.41, 5.74) is 8.03. The number of carbonyl (C=O) groups is 1. The van der Waals surface area contributed by atoms with Crippen LogP contribution in [-0.4, -0.2) is 81.3 Å². The van der Waals surface area contributed by atoms with E-state index in [1.165, 1.54) is 17.3 Å². The highest BCUT2D eigenvalue weighted by Gasteiger charge is 2.43. The third kappa shape index (κ3) is 5.62. The zero-order valence-corrected chi connectivity index (χ0v) is 24.6. The minimum Gasteiger partial charge on any atom is -0.497 e. The SMILES string of the molecule is CNN1N=C(c2ccc3c(c2)CCCN3C(=NC(C)C)c2ccc(OC)cc2OC)C(NC)(NC)SC1C=O. The first-order chi connectivity index (χ1) is 18.8. The molecule has 0 radical (unpaired) electrons. The van der Waals surface area contributed by atoms with Crippen LogP contribution in [0.25, 0.3) is 0 Å². The molecule has 2 aliphatic rings. The number of amidine groups is 1. The van der Waals surface area contributed by atoms with Crippen molar-refractivity contribution in [1.82, 2.24) is 21.2 Å². The van der Waals surface area contributed by atoms with Crippen LogP contribution in [0.5, 0.6) is 11.5 Å². The third-order valence-electron chi connectivity index (χ3n) is 6.89. The normalized spacial score (nSPS) is 19.0. The lowest BCUT2D eigenvalue weighted by Crippen LogP contribution is -2.63. The Morgan fingerprint density at radius 2 is 1.92 bits per heavy atom. The minimum absolute atomic E-state index is 0.0928. The maximum absolute atomic E-state index is 11.8. The monoisotopic (exact) mass is 553 g/mol. The molecule has 0 aromatic heterocycles. The number of rotatable bonds is 9. The van der Waals surface area contributed by atoms with Crippen molar-refractivity contribution in [3.8, 4) is 11.5 Å². The molecule has 2 heterocycles. The zero-order valence-electron chi connectivity index (χ0n) is 23.7. The summed E-state index contributed by atoms with van der Waals surface area (Å²) in [6.45, 7) is 5.01. The van der Waals surface area contributed by atoms with Gasteiger partial charge < -0.3 is 14.4 Å². The van der Waals surface area contributed by atoms with E-state index in [-0.39, 0.29) is 6.04 Å². The summed E-state index contributed by atoms with van der Waals surface area (Å²) >= 11 is 1.46. The van der Waals surface area contributed by atoms with Crippen molar-refractivity contribution in [3.05, 3.63) is 53.1 Å². The second kappa shape index (κ2) is 12.4. The fraction of sp³-hybridized carbons (Fsp3) is 0.464. The van der Waals surface area contributed by atoms with E-state index >= 15 is 0 Å². The number of aryl methyl sites for hydroxylation is 1. The van der Waals surface area contributed by atoms with Crippen molar-refractivity contribution in [1.29, 1.82) is 0 Å². The summed E-state index contributed by atoms with van der Waals surface area (Å²) in [5, 5.41) is 12.7. The molecule has 0 aliphatic carbocycles. The molecule has 2 aromatic carbocycles. The quantitative estimate of drug-likeness (QED) is 0.187. The Hall–Kier alpha value is -3.12. The molecule has 11 heteroatoms. The second-order valence-electron chi connectivity index (χ2n) is 9.55. The Labute approximate surface area is 235 Å². The van der Waals surface area contributed by atoms with Gasteiger partial charge in [-0.2, -0.15) is 5.10 Å². The van der Waals surface area contributed by atoms with Gasteiger partial charge in [0.2, 0.25) is 0 Å². The van der Waals surface area contributed by atoms with Gasteiger partial charge in [0.15, 0.2) is 16.7 Å². The van der Waals surface area contributed by atoms with Crippen molar-refractivity contribution in [3.63, 3.8) is 0 Å². The van der Waals surface area contributed by atoms with Crippen LogP contribution >= 0.6 is 11.8 Å². The van der Waals surface area contributed by atoms with Crippen molar-refractivity contribution in [2.75, 3.05) is 46.8 Å². The number of hydrogen-bond acceptors (Lipinski definition) is 10. The highest BCUT2D eigenvalue weighted by atomic mass is 32.2. The van der Waals surface area contributed by atoms with Crippen molar-refractivity contribution in [2.45, 2.75) is 43.1 Å². The van der Waals surface area contributed by atoms with Crippen molar-refractivity contribution in [2.24, 2.45) is 10.1 Å². The summed E-state index contributed by atoms with van der Waals surface area (Å²) in [4.78, 5) is 18.4. The van der Waals surface area contributed by atoms with Gasteiger partial charge in [-0.3, -0.25) is 20.4 Å². The first kappa shape index (κ1) is 28.9. The van der Waals surface area contributed by atoms with Gasteiger partial charge in [0.05, 0.1) is 19.8 Å². The maximum Gasteiger partial charge on any atom is 0.168 e. The highest BCUT2D eigenvalue weighted by molar-refractivity contribution is 8.02. The largest absolute Gasteiger partial charge is 0.497 e. The van der Waals surface area contributed by atoms with Crippen LogP contribution in [0.2, 0.25) is 0 Å². The van der Waals surface area contributed by atoms with Gasteiger partial charge in [0.25, 0.3) is 0 Å². The fourth-order valence-electron chi connectivity index (χ4n) is 5.00. The van der Waals surface area contributed by atoms with Crippen molar-refractivity contribution >= 4 is 35.3 Å². The van der Waals surface area contributed by atoms with E-state index in [9.17, 15) is 4.79 Å². The summed E-state index contributed by atoms with van der Waals surface area (Å²) in [7, 11) is 8.82. The molecule has 10 nitrogen and oxygen atoms in total. The van der Waals surface area contributed by atoms with Gasteiger partial charge in [-0.15, -0.1) is 0 Å². The zero-order chi connectivity index (χ0) is 28.2. The van der Waals surface area contributed by atoms with E-state index < -0.39 is 10.4 Å². The number of hydrazine groups is 1. The third-order valence-corrected chi connectivity index (χ3v) is 8.39. The summed E-state index contributed by atoms with van der Waals surface area (Å²) in [6, 6.07) is 12.4. The Morgan fingerprint density at radius 1 is 1.15 bits per heavy atom. The number of aldehydes is 1. The number of hydrogen-bond donors (Lipinski definition) is 3. The van der Waals surface area contributed by atoms with E-state index in [0.29, 0.717) is 0 Å². The van der Waals surface area contributed by atoms with Crippen molar-refractivity contribution < 1.29 is 14.3 Å². The second-order valence-corrected chi connectivity index (χ2v) is 10.9. The number of fused-ring (bicyclic) bond motifs is 1. The molecule has 4 rings (SSSR count). The molecular weight excluding hydrogens is 514 g/mol. The first-order valence-electron chi connectivity index (χ1n) is 13.1. The average molecular weight is 554 g/mol. The van der Waals surface area contributed by atoms with Crippen LogP contribution in [0.15, 0.2) is 46.5 Å². The number of carbonyl (C=O) groups excluding carboxylic acids is 1. The number of nitrogens with zero attached hydrogens (tertiary/aromatic N) is 4. The number of anilines is 1. The van der Waals surface area contributed by atoms with Crippen LogP contribution in [0.3, 0.4) is 0 Å². The molecule has 2 aromatic rings. The Balaban J connectivity index is 1.80.